The van der Waals surface area contributed by atoms with Gasteiger partial charge in [-0.2, -0.15) is 0 Å². The van der Waals surface area contributed by atoms with Crippen LogP contribution in [0.1, 0.15) is 123 Å². The number of rotatable bonds is 25. The standard InChI is InChI=1S/C47H64O4P/c1-5-6-7-8-9-10-11-12-13-14-15-16-17-21-29-39(43-38(2)44(48)46(50-3)47(51-4)45(43)49)30-28-37-52(40-31-22-18-23-32-40,41-33-24-19-25-34-41)42-35-26-20-27-36-42/h18-20,22-27,31-36,39H,5-17,21,28-30,37H2,1-4H3/q+1. The van der Waals surface area contributed by atoms with Crippen LogP contribution in [0.2, 0.25) is 0 Å². The fourth-order valence-electron chi connectivity index (χ4n) is 8.13. The molecule has 0 amide bonds. The summed E-state index contributed by atoms with van der Waals surface area (Å²) in [5.41, 5.74) is 1.13. The van der Waals surface area contributed by atoms with E-state index in [4.69, 9.17) is 9.47 Å². The van der Waals surface area contributed by atoms with E-state index in [1.807, 2.05) is 0 Å². The number of benzene rings is 3. The number of Topliss-reactive ketones (excluding diaryl/α,β-unsaturated/α-hetero) is 2. The van der Waals surface area contributed by atoms with E-state index in [1.54, 1.807) is 6.92 Å². The van der Waals surface area contributed by atoms with Crippen molar-refractivity contribution in [1.29, 1.82) is 0 Å². The Balaban J connectivity index is 1.47. The number of unbranched alkanes of at least 4 members (excludes halogenated alkanes) is 13. The number of ketones is 2. The molecular weight excluding hydrogens is 659 g/mol. The van der Waals surface area contributed by atoms with E-state index in [0.717, 1.165) is 38.3 Å². The minimum absolute atomic E-state index is 0.0196. The highest BCUT2D eigenvalue weighted by Crippen LogP contribution is 2.56. The number of hydrogen-bond acceptors (Lipinski definition) is 4. The van der Waals surface area contributed by atoms with Crippen LogP contribution >= 0.6 is 7.26 Å². The smallest absolute Gasteiger partial charge is 0.228 e. The molecular formula is C47H64O4P+. The molecule has 0 radical (unpaired) electrons. The number of methoxy groups -OCH3 is 2. The maximum absolute atomic E-state index is 14.0. The minimum Gasteiger partial charge on any atom is -0.489 e. The first kappa shape index (κ1) is 41.3. The molecule has 3 aromatic carbocycles. The topological polar surface area (TPSA) is 52.6 Å². The van der Waals surface area contributed by atoms with Gasteiger partial charge in [0.25, 0.3) is 0 Å². The minimum atomic E-state index is -2.01. The molecule has 0 N–H and O–H groups in total. The molecule has 1 atom stereocenters. The predicted molar refractivity (Wildman–Crippen MR) is 221 cm³/mol. The molecule has 5 heteroatoms. The molecule has 0 saturated heterocycles. The first-order chi connectivity index (χ1) is 25.5. The summed E-state index contributed by atoms with van der Waals surface area (Å²) in [4.78, 5) is 27.5. The van der Waals surface area contributed by atoms with Crippen molar-refractivity contribution in [2.24, 2.45) is 5.92 Å². The largest absolute Gasteiger partial charge is 0.489 e. The van der Waals surface area contributed by atoms with Crippen LogP contribution < -0.4 is 15.9 Å². The van der Waals surface area contributed by atoms with Gasteiger partial charge in [0.15, 0.2) is 0 Å². The Kier molecular flexibility index (Phi) is 17.9. The Bertz CT molecular complexity index is 1460. The Morgan fingerprint density at radius 3 is 1.27 bits per heavy atom. The third kappa shape index (κ3) is 11.0. The molecule has 280 valence electrons. The van der Waals surface area contributed by atoms with E-state index in [9.17, 15) is 9.59 Å². The first-order valence-corrected chi connectivity index (χ1v) is 22.1. The van der Waals surface area contributed by atoms with Crippen molar-refractivity contribution >= 4 is 34.7 Å². The van der Waals surface area contributed by atoms with Crippen molar-refractivity contribution in [3.8, 4) is 0 Å². The second-order valence-electron chi connectivity index (χ2n) is 14.5. The van der Waals surface area contributed by atoms with Crippen LogP contribution in [0, 0.1) is 5.92 Å². The lowest BCUT2D eigenvalue weighted by atomic mass is 9.80. The van der Waals surface area contributed by atoms with Gasteiger partial charge in [-0.25, -0.2) is 0 Å². The average Bonchev–Trinajstić information content (AvgIpc) is 3.18. The third-order valence-corrected chi connectivity index (χ3v) is 15.5. The molecule has 1 unspecified atom stereocenters. The number of ether oxygens (including phenoxy) is 2. The van der Waals surface area contributed by atoms with E-state index in [2.05, 4.69) is 97.9 Å². The monoisotopic (exact) mass is 723 g/mol. The maximum Gasteiger partial charge on any atom is 0.228 e. The fourth-order valence-corrected chi connectivity index (χ4v) is 12.5. The van der Waals surface area contributed by atoms with Gasteiger partial charge in [-0.05, 0) is 68.5 Å². The van der Waals surface area contributed by atoms with Crippen molar-refractivity contribution in [3.05, 3.63) is 114 Å². The number of carbonyl (C=O) groups is 2. The molecule has 4 nitrogen and oxygen atoms in total. The summed E-state index contributed by atoms with van der Waals surface area (Å²) in [6, 6.07) is 32.9. The van der Waals surface area contributed by atoms with Crippen LogP contribution in [0.25, 0.3) is 0 Å². The summed E-state index contributed by atoms with van der Waals surface area (Å²) >= 11 is 0. The van der Waals surface area contributed by atoms with Gasteiger partial charge in [-0.15, -0.1) is 0 Å². The fraction of sp³-hybridized carbons (Fsp3) is 0.489. The van der Waals surface area contributed by atoms with Gasteiger partial charge in [0.2, 0.25) is 23.1 Å². The molecule has 3 aromatic rings. The first-order valence-electron chi connectivity index (χ1n) is 20.2. The van der Waals surface area contributed by atoms with E-state index >= 15 is 0 Å². The van der Waals surface area contributed by atoms with Gasteiger partial charge >= 0.3 is 0 Å². The van der Waals surface area contributed by atoms with Crippen molar-refractivity contribution in [3.63, 3.8) is 0 Å². The van der Waals surface area contributed by atoms with Crippen LogP contribution in [-0.2, 0) is 19.1 Å². The summed E-state index contributed by atoms with van der Waals surface area (Å²) in [5, 5.41) is 4.10. The van der Waals surface area contributed by atoms with E-state index in [-0.39, 0.29) is 29.0 Å². The van der Waals surface area contributed by atoms with Crippen molar-refractivity contribution < 1.29 is 19.1 Å². The van der Waals surface area contributed by atoms with E-state index in [1.165, 1.54) is 107 Å². The van der Waals surface area contributed by atoms with E-state index < -0.39 is 7.26 Å². The summed E-state index contributed by atoms with van der Waals surface area (Å²) < 4.78 is 10.9. The van der Waals surface area contributed by atoms with Crippen LogP contribution in [0.3, 0.4) is 0 Å². The van der Waals surface area contributed by atoms with Gasteiger partial charge in [0, 0.05) is 11.1 Å². The van der Waals surface area contributed by atoms with Gasteiger partial charge < -0.3 is 9.47 Å². The Morgan fingerprint density at radius 2 is 0.865 bits per heavy atom. The van der Waals surface area contributed by atoms with Gasteiger partial charge in [0.1, 0.15) is 23.2 Å². The quantitative estimate of drug-likeness (QED) is 0.0496. The van der Waals surface area contributed by atoms with Crippen molar-refractivity contribution in [2.75, 3.05) is 20.4 Å². The molecule has 0 spiro atoms. The van der Waals surface area contributed by atoms with Crippen molar-refractivity contribution in [1.82, 2.24) is 0 Å². The summed E-state index contributed by atoms with van der Waals surface area (Å²) in [5.74, 6) is -0.395. The summed E-state index contributed by atoms with van der Waals surface area (Å²) in [6.07, 6.45) is 22.0. The van der Waals surface area contributed by atoms with Crippen LogP contribution in [0.5, 0.6) is 0 Å². The van der Waals surface area contributed by atoms with Crippen LogP contribution in [0.4, 0.5) is 0 Å². The second-order valence-corrected chi connectivity index (χ2v) is 18.1. The predicted octanol–water partition coefficient (Wildman–Crippen LogP) is 11.2. The second kappa shape index (κ2) is 22.5. The Morgan fingerprint density at radius 1 is 0.500 bits per heavy atom. The lowest BCUT2D eigenvalue weighted by molar-refractivity contribution is -0.121. The number of carbonyl (C=O) groups excluding carboxylic acids is 2. The third-order valence-electron chi connectivity index (χ3n) is 11.0. The highest BCUT2D eigenvalue weighted by Gasteiger charge is 2.45. The van der Waals surface area contributed by atoms with Gasteiger partial charge in [-0.1, -0.05) is 151 Å². The molecule has 0 aliphatic heterocycles. The molecule has 52 heavy (non-hydrogen) atoms. The summed E-state index contributed by atoms with van der Waals surface area (Å²) in [7, 11) is 0.883. The molecule has 4 rings (SSSR count). The maximum atomic E-state index is 14.0. The zero-order chi connectivity index (χ0) is 37.0. The van der Waals surface area contributed by atoms with Crippen LogP contribution in [-0.4, -0.2) is 31.9 Å². The van der Waals surface area contributed by atoms with Gasteiger partial charge in [0.05, 0.1) is 20.4 Å². The van der Waals surface area contributed by atoms with Crippen LogP contribution in [0.15, 0.2) is 114 Å². The zero-order valence-electron chi connectivity index (χ0n) is 32.5. The highest BCUT2D eigenvalue weighted by atomic mass is 31.2. The number of hydrogen-bond donors (Lipinski definition) is 0. The van der Waals surface area contributed by atoms with Gasteiger partial charge in [-0.3, -0.25) is 9.59 Å². The molecule has 0 saturated carbocycles. The SMILES string of the molecule is CCCCCCCCCCCCCCCCC(CCC[P+](c1ccccc1)(c1ccccc1)c1ccccc1)C1=C(C)C(=O)C(OC)=C(OC)C1=O. The zero-order valence-corrected chi connectivity index (χ0v) is 33.4. The molecule has 0 fully saturated rings. The lowest BCUT2D eigenvalue weighted by Crippen LogP contribution is -2.33. The average molecular weight is 724 g/mol. The molecule has 0 aromatic heterocycles. The highest BCUT2D eigenvalue weighted by molar-refractivity contribution is 7.95. The lowest BCUT2D eigenvalue weighted by Gasteiger charge is -2.29. The normalized spacial score (nSPS) is 14.2. The molecule has 1 aliphatic rings. The number of allylic oxidation sites excluding steroid dienone is 2. The molecule has 0 heterocycles. The molecule has 1 aliphatic carbocycles. The Labute approximate surface area is 315 Å². The van der Waals surface area contributed by atoms with E-state index in [0.29, 0.717) is 11.1 Å². The Hall–Kier alpha value is -3.49. The summed E-state index contributed by atoms with van der Waals surface area (Å²) in [6.45, 7) is 4.08. The van der Waals surface area contributed by atoms with Crippen molar-refractivity contribution in [2.45, 2.75) is 123 Å². The molecule has 0 bridgehead atoms.